The third-order valence-electron chi connectivity index (χ3n) is 4.68. The molecule has 27 heavy (non-hydrogen) atoms. The maximum absolute atomic E-state index is 9.20. The predicted octanol–water partition coefficient (Wildman–Crippen LogP) is 5.05. The average Bonchev–Trinajstić information content (AvgIpc) is 2.93. The molecule has 0 aromatic heterocycles. The molecular weight excluding hydrogens is 375 g/mol. The van der Waals surface area contributed by atoms with E-state index in [2.05, 4.69) is 52.0 Å². The van der Waals surface area contributed by atoms with Crippen molar-refractivity contribution in [1.82, 2.24) is 4.83 Å². The number of halogens is 1. The van der Waals surface area contributed by atoms with Gasteiger partial charge in [0.2, 0.25) is 0 Å². The van der Waals surface area contributed by atoms with Crippen molar-refractivity contribution >= 4 is 42.2 Å². The quantitative estimate of drug-likeness (QED) is 0.333. The molecule has 0 amide bonds. The first kappa shape index (κ1) is 19.7. The van der Waals surface area contributed by atoms with E-state index in [1.807, 2.05) is 24.4 Å². The normalized spacial score (nSPS) is 14.9. The molecule has 1 N–H and O–H groups in total. The van der Waals surface area contributed by atoms with Gasteiger partial charge in [-0.25, -0.2) is 10.1 Å². The van der Waals surface area contributed by atoms with Gasteiger partial charge in [0.1, 0.15) is 0 Å². The van der Waals surface area contributed by atoms with Crippen molar-refractivity contribution in [2.75, 3.05) is 18.0 Å². The number of benzene rings is 2. The van der Waals surface area contributed by atoms with Gasteiger partial charge in [0.15, 0.2) is 0 Å². The van der Waals surface area contributed by atoms with E-state index in [4.69, 9.17) is 11.6 Å². The largest absolute Gasteiger partial charge is 0.372 e. The van der Waals surface area contributed by atoms with Crippen LogP contribution in [-0.2, 0) is 0 Å². The van der Waals surface area contributed by atoms with Crippen molar-refractivity contribution in [1.29, 1.82) is 5.26 Å². The van der Waals surface area contributed by atoms with Gasteiger partial charge in [-0.3, -0.25) is 0 Å². The Balaban J connectivity index is 1.68. The maximum atomic E-state index is 9.20. The summed E-state index contributed by atoms with van der Waals surface area (Å²) in [6.07, 6.45) is 4.70. The molecule has 138 valence electrons. The van der Waals surface area contributed by atoms with Crippen LogP contribution >= 0.6 is 23.5 Å². The summed E-state index contributed by atoms with van der Waals surface area (Å²) in [7, 11) is 0. The van der Waals surface area contributed by atoms with E-state index in [0.29, 0.717) is 5.02 Å². The van der Waals surface area contributed by atoms with Crippen LogP contribution in [0.4, 0.5) is 5.69 Å². The summed E-state index contributed by atoms with van der Waals surface area (Å²) in [6.45, 7) is 4.03. The number of hydrazone groups is 1. The van der Waals surface area contributed by atoms with E-state index < -0.39 is 0 Å². The molecular formula is C20H22BClN4S. The molecule has 1 aliphatic rings. The van der Waals surface area contributed by atoms with Crippen molar-refractivity contribution in [3.05, 3.63) is 58.6 Å². The molecule has 3 rings (SSSR count). The molecule has 2 aromatic rings. The third-order valence-corrected chi connectivity index (χ3v) is 5.62. The lowest BCUT2D eigenvalue weighted by Crippen LogP contribution is -2.25. The van der Waals surface area contributed by atoms with Crippen LogP contribution in [0.2, 0.25) is 17.7 Å². The topological polar surface area (TPSA) is 51.4 Å². The highest BCUT2D eigenvalue weighted by molar-refractivity contribution is 7.97. The number of hydrogen-bond acceptors (Lipinski definition) is 5. The van der Waals surface area contributed by atoms with Gasteiger partial charge >= 0.3 is 0 Å². The second kappa shape index (κ2) is 9.73. The lowest BCUT2D eigenvalue weighted by molar-refractivity contribution is 0.810. The fourth-order valence-electron chi connectivity index (χ4n) is 3.15. The lowest BCUT2D eigenvalue weighted by Gasteiger charge is -2.24. The van der Waals surface area contributed by atoms with Crippen molar-refractivity contribution in [2.45, 2.75) is 30.9 Å². The van der Waals surface area contributed by atoms with Crippen molar-refractivity contribution in [2.24, 2.45) is 5.10 Å². The Morgan fingerprint density at radius 2 is 2.04 bits per heavy atom. The van der Waals surface area contributed by atoms with Crippen LogP contribution in [0.1, 0.15) is 17.5 Å². The molecule has 0 unspecified atom stereocenters. The SMILES string of the molecule is Cc1ccc(SN/N=C/c2ccc(Cl)cc2N2CCCB(C#N)CC2)cc1. The van der Waals surface area contributed by atoms with Crippen molar-refractivity contribution in [3.63, 3.8) is 0 Å². The summed E-state index contributed by atoms with van der Waals surface area (Å²) in [4.78, 5) is 6.47. The van der Waals surface area contributed by atoms with Crippen LogP contribution in [0.15, 0.2) is 52.5 Å². The van der Waals surface area contributed by atoms with Gasteiger partial charge in [-0.2, -0.15) is 5.10 Å². The molecule has 1 saturated heterocycles. The van der Waals surface area contributed by atoms with E-state index in [9.17, 15) is 5.26 Å². The predicted molar refractivity (Wildman–Crippen MR) is 117 cm³/mol. The van der Waals surface area contributed by atoms with Gasteiger partial charge < -0.3 is 4.90 Å². The summed E-state index contributed by atoms with van der Waals surface area (Å²) >= 11 is 7.72. The Bertz CT molecular complexity index is 835. The summed E-state index contributed by atoms with van der Waals surface area (Å²) in [5, 5.41) is 14.3. The number of anilines is 1. The molecule has 2 aromatic carbocycles. The number of nitriles is 1. The molecule has 0 bridgehead atoms. The number of rotatable bonds is 5. The zero-order valence-electron chi connectivity index (χ0n) is 15.4. The zero-order chi connectivity index (χ0) is 19.1. The first-order chi connectivity index (χ1) is 13.2. The second-order valence-electron chi connectivity index (χ2n) is 6.71. The molecule has 4 nitrogen and oxygen atoms in total. The number of hydrogen-bond donors (Lipinski definition) is 1. The van der Waals surface area contributed by atoms with Crippen LogP contribution in [0.25, 0.3) is 0 Å². The molecule has 0 aliphatic carbocycles. The highest BCUT2D eigenvalue weighted by atomic mass is 35.5. The molecule has 7 heteroatoms. The van der Waals surface area contributed by atoms with Gasteiger partial charge in [-0.15, -0.1) is 0 Å². The van der Waals surface area contributed by atoms with Crippen LogP contribution in [0.3, 0.4) is 0 Å². The Morgan fingerprint density at radius 1 is 1.22 bits per heavy atom. The van der Waals surface area contributed by atoms with Crippen LogP contribution in [0, 0.1) is 18.2 Å². The maximum Gasteiger partial charge on any atom is 0.269 e. The Kier molecular flexibility index (Phi) is 7.08. The Labute approximate surface area is 170 Å². The number of aryl methyl sites for hydroxylation is 1. The highest BCUT2D eigenvalue weighted by Crippen LogP contribution is 2.27. The van der Waals surface area contributed by atoms with Gasteiger partial charge in [0, 0.05) is 52.2 Å². The number of nitrogens with zero attached hydrogens (tertiary/aromatic N) is 3. The molecule has 0 saturated carbocycles. The first-order valence-corrected chi connectivity index (χ1v) is 10.3. The Hall–Kier alpha value is -2.10. The molecule has 1 fully saturated rings. The summed E-state index contributed by atoms with van der Waals surface area (Å²) < 4.78 is 0. The third kappa shape index (κ3) is 5.69. The smallest absolute Gasteiger partial charge is 0.269 e. The van der Waals surface area contributed by atoms with Gasteiger partial charge in [-0.1, -0.05) is 35.6 Å². The monoisotopic (exact) mass is 396 g/mol. The summed E-state index contributed by atoms with van der Waals surface area (Å²) in [5.41, 5.74) is 3.34. The average molecular weight is 397 g/mol. The first-order valence-electron chi connectivity index (χ1n) is 9.11. The van der Waals surface area contributed by atoms with Crippen LogP contribution < -0.4 is 9.73 Å². The van der Waals surface area contributed by atoms with Crippen LogP contribution in [-0.4, -0.2) is 26.0 Å². The molecule has 1 heterocycles. The standard InChI is InChI=1S/C20H22BClN4S/c1-16-3-7-19(8-4-16)27-25-24-14-17-5-6-18(22)13-20(17)26-11-2-9-21(15-23)10-12-26/h3-8,13-14,25H,2,9-12H2,1H3/b24-14+. The van der Waals surface area contributed by atoms with Gasteiger partial charge in [0.25, 0.3) is 6.71 Å². The molecule has 1 aliphatic heterocycles. The van der Waals surface area contributed by atoms with E-state index in [-0.39, 0.29) is 6.71 Å². The lowest BCUT2D eigenvalue weighted by atomic mass is 9.46. The zero-order valence-corrected chi connectivity index (χ0v) is 16.9. The minimum absolute atomic E-state index is 0.152. The van der Waals surface area contributed by atoms with E-state index in [0.717, 1.165) is 48.3 Å². The number of nitrogens with one attached hydrogen (secondary N) is 1. The van der Waals surface area contributed by atoms with Crippen molar-refractivity contribution in [3.8, 4) is 5.97 Å². The molecule has 0 spiro atoms. The van der Waals surface area contributed by atoms with E-state index in [1.54, 1.807) is 0 Å². The Morgan fingerprint density at radius 3 is 2.81 bits per heavy atom. The summed E-state index contributed by atoms with van der Waals surface area (Å²) in [6, 6.07) is 14.2. The van der Waals surface area contributed by atoms with Crippen molar-refractivity contribution < 1.29 is 0 Å². The van der Waals surface area contributed by atoms with E-state index in [1.165, 1.54) is 17.5 Å². The fourth-order valence-corrected chi connectivity index (χ4v) is 3.80. The minimum Gasteiger partial charge on any atom is -0.372 e. The van der Waals surface area contributed by atoms with Gasteiger partial charge in [0.05, 0.1) is 6.21 Å². The summed E-state index contributed by atoms with van der Waals surface area (Å²) in [5.74, 6) is 2.41. The van der Waals surface area contributed by atoms with E-state index >= 15 is 0 Å². The minimum atomic E-state index is 0.152. The fraction of sp³-hybridized carbons (Fsp3) is 0.300. The van der Waals surface area contributed by atoms with Crippen LogP contribution in [0.5, 0.6) is 0 Å². The van der Waals surface area contributed by atoms with Gasteiger partial charge in [-0.05, 0) is 50.0 Å². The second-order valence-corrected chi connectivity index (χ2v) is 8.01. The molecule has 0 atom stereocenters. The highest BCUT2D eigenvalue weighted by Gasteiger charge is 2.21. The molecule has 0 radical (unpaired) electrons.